The van der Waals surface area contributed by atoms with E-state index in [1.165, 1.54) is 18.4 Å². The van der Waals surface area contributed by atoms with Gasteiger partial charge in [0.25, 0.3) is 0 Å². The standard InChI is InChI=1S/C15H19N3O/c1-11-3-2-4-12(7-11)17-14(9-19)15-8-16-10-18(15)13-5-6-13/h2-4,7-8,10,13-14,17,19H,5-6,9H2,1H3. The Morgan fingerprint density at radius 1 is 1.47 bits per heavy atom. The predicted molar refractivity (Wildman–Crippen MR) is 75.1 cm³/mol. The van der Waals surface area contributed by atoms with Gasteiger partial charge < -0.3 is 15.0 Å². The van der Waals surface area contributed by atoms with Gasteiger partial charge in [-0.05, 0) is 37.5 Å². The molecule has 0 bridgehead atoms. The van der Waals surface area contributed by atoms with Crippen molar-refractivity contribution in [2.75, 3.05) is 11.9 Å². The molecule has 1 unspecified atom stereocenters. The second-order valence-electron chi connectivity index (χ2n) is 5.21. The average molecular weight is 257 g/mol. The summed E-state index contributed by atoms with van der Waals surface area (Å²) in [6.07, 6.45) is 6.15. The zero-order valence-corrected chi connectivity index (χ0v) is 11.1. The summed E-state index contributed by atoms with van der Waals surface area (Å²) in [6.45, 7) is 2.12. The molecule has 1 fully saturated rings. The van der Waals surface area contributed by atoms with E-state index in [1.807, 2.05) is 24.7 Å². The number of aliphatic hydroxyl groups is 1. The molecule has 1 aromatic carbocycles. The number of rotatable bonds is 5. The monoisotopic (exact) mass is 257 g/mol. The van der Waals surface area contributed by atoms with Crippen molar-refractivity contribution in [2.45, 2.75) is 31.8 Å². The molecule has 100 valence electrons. The fourth-order valence-electron chi connectivity index (χ4n) is 2.39. The number of hydrogen-bond donors (Lipinski definition) is 2. The van der Waals surface area contributed by atoms with E-state index in [0.29, 0.717) is 6.04 Å². The second kappa shape index (κ2) is 5.05. The zero-order valence-electron chi connectivity index (χ0n) is 11.1. The third-order valence-corrected chi connectivity index (χ3v) is 3.53. The highest BCUT2D eigenvalue weighted by atomic mass is 16.3. The summed E-state index contributed by atoms with van der Waals surface area (Å²) in [6, 6.07) is 8.65. The molecular weight excluding hydrogens is 238 g/mol. The van der Waals surface area contributed by atoms with Gasteiger partial charge in [-0.2, -0.15) is 0 Å². The van der Waals surface area contributed by atoms with Gasteiger partial charge in [-0.25, -0.2) is 4.98 Å². The summed E-state index contributed by atoms with van der Waals surface area (Å²) in [4.78, 5) is 4.22. The molecule has 1 atom stereocenters. The summed E-state index contributed by atoms with van der Waals surface area (Å²) < 4.78 is 2.18. The molecule has 3 rings (SSSR count). The summed E-state index contributed by atoms with van der Waals surface area (Å²) >= 11 is 0. The van der Waals surface area contributed by atoms with Crippen molar-refractivity contribution in [1.29, 1.82) is 0 Å². The Morgan fingerprint density at radius 3 is 3.00 bits per heavy atom. The number of nitrogens with zero attached hydrogens (tertiary/aromatic N) is 2. The lowest BCUT2D eigenvalue weighted by Gasteiger charge is -2.19. The Balaban J connectivity index is 1.82. The number of benzene rings is 1. The van der Waals surface area contributed by atoms with E-state index in [0.717, 1.165) is 11.4 Å². The van der Waals surface area contributed by atoms with Crippen molar-refractivity contribution in [3.8, 4) is 0 Å². The first-order valence-corrected chi connectivity index (χ1v) is 6.73. The van der Waals surface area contributed by atoms with Crippen LogP contribution in [0.2, 0.25) is 0 Å². The van der Waals surface area contributed by atoms with Gasteiger partial charge in [0, 0.05) is 11.7 Å². The smallest absolute Gasteiger partial charge is 0.0951 e. The fourth-order valence-corrected chi connectivity index (χ4v) is 2.39. The lowest BCUT2D eigenvalue weighted by atomic mass is 10.1. The van der Waals surface area contributed by atoms with E-state index < -0.39 is 0 Å². The maximum Gasteiger partial charge on any atom is 0.0951 e. The minimum absolute atomic E-state index is 0.0619. The molecule has 2 N–H and O–H groups in total. The third-order valence-electron chi connectivity index (χ3n) is 3.53. The molecule has 2 aromatic rings. The third kappa shape index (κ3) is 2.63. The molecule has 1 aliphatic rings. The van der Waals surface area contributed by atoms with Gasteiger partial charge in [-0.15, -0.1) is 0 Å². The minimum Gasteiger partial charge on any atom is -0.394 e. The molecule has 19 heavy (non-hydrogen) atoms. The van der Waals surface area contributed by atoms with E-state index in [1.54, 1.807) is 0 Å². The number of aliphatic hydroxyl groups excluding tert-OH is 1. The first kappa shape index (κ1) is 12.2. The lowest BCUT2D eigenvalue weighted by Crippen LogP contribution is -2.18. The first-order valence-electron chi connectivity index (χ1n) is 6.73. The lowest BCUT2D eigenvalue weighted by molar-refractivity contribution is 0.272. The molecule has 1 aromatic heterocycles. The predicted octanol–water partition coefficient (Wildman–Crippen LogP) is 2.67. The average Bonchev–Trinajstić information content (AvgIpc) is 3.14. The molecule has 1 aliphatic carbocycles. The first-order chi connectivity index (χ1) is 9.28. The Labute approximate surface area is 113 Å². The number of hydrogen-bond acceptors (Lipinski definition) is 3. The Bertz CT molecular complexity index is 560. The van der Waals surface area contributed by atoms with E-state index in [2.05, 4.69) is 33.9 Å². The van der Waals surface area contributed by atoms with Crippen LogP contribution in [0.5, 0.6) is 0 Å². The Kier molecular flexibility index (Phi) is 3.25. The van der Waals surface area contributed by atoms with Crippen LogP contribution in [0.3, 0.4) is 0 Å². The van der Waals surface area contributed by atoms with Gasteiger partial charge >= 0.3 is 0 Å². The van der Waals surface area contributed by atoms with Crippen molar-refractivity contribution >= 4 is 5.69 Å². The van der Waals surface area contributed by atoms with E-state index in [9.17, 15) is 5.11 Å². The number of aromatic nitrogens is 2. The fraction of sp³-hybridized carbons (Fsp3) is 0.400. The van der Waals surface area contributed by atoms with Gasteiger partial charge in [-0.3, -0.25) is 0 Å². The largest absolute Gasteiger partial charge is 0.394 e. The van der Waals surface area contributed by atoms with Gasteiger partial charge in [0.1, 0.15) is 0 Å². The molecule has 4 nitrogen and oxygen atoms in total. The maximum absolute atomic E-state index is 9.65. The molecular formula is C15H19N3O. The van der Waals surface area contributed by atoms with Crippen molar-refractivity contribution in [3.63, 3.8) is 0 Å². The van der Waals surface area contributed by atoms with Crippen LogP contribution in [0.1, 0.15) is 36.2 Å². The highest BCUT2D eigenvalue weighted by Gasteiger charge is 2.27. The minimum atomic E-state index is -0.107. The molecule has 0 radical (unpaired) electrons. The van der Waals surface area contributed by atoms with Gasteiger partial charge in [0.2, 0.25) is 0 Å². The van der Waals surface area contributed by atoms with Gasteiger partial charge in [0.05, 0.1) is 30.9 Å². The summed E-state index contributed by atoms with van der Waals surface area (Å²) in [5.41, 5.74) is 3.30. The van der Waals surface area contributed by atoms with Crippen LogP contribution >= 0.6 is 0 Å². The van der Waals surface area contributed by atoms with E-state index in [4.69, 9.17) is 0 Å². The van der Waals surface area contributed by atoms with Crippen LogP contribution in [0.4, 0.5) is 5.69 Å². The van der Waals surface area contributed by atoms with Crippen LogP contribution in [0.15, 0.2) is 36.8 Å². The summed E-state index contributed by atoms with van der Waals surface area (Å²) in [5.74, 6) is 0. The Morgan fingerprint density at radius 2 is 2.32 bits per heavy atom. The summed E-state index contributed by atoms with van der Waals surface area (Å²) in [7, 11) is 0. The van der Waals surface area contributed by atoms with Crippen LogP contribution < -0.4 is 5.32 Å². The number of imidazole rings is 1. The maximum atomic E-state index is 9.65. The highest BCUT2D eigenvalue weighted by molar-refractivity contribution is 5.47. The molecule has 1 heterocycles. The van der Waals surface area contributed by atoms with E-state index >= 15 is 0 Å². The molecule has 0 amide bonds. The highest BCUT2D eigenvalue weighted by Crippen LogP contribution is 2.37. The number of nitrogens with one attached hydrogen (secondary N) is 1. The SMILES string of the molecule is Cc1cccc(NC(CO)c2cncn2C2CC2)c1. The number of aryl methyl sites for hydroxylation is 1. The van der Waals surface area contributed by atoms with E-state index in [-0.39, 0.29) is 12.6 Å². The number of anilines is 1. The molecule has 0 aliphatic heterocycles. The molecule has 4 heteroatoms. The van der Waals surface area contributed by atoms with Crippen LogP contribution in [0, 0.1) is 6.92 Å². The topological polar surface area (TPSA) is 50.1 Å². The Hall–Kier alpha value is -1.81. The summed E-state index contributed by atoms with van der Waals surface area (Å²) in [5, 5.41) is 13.0. The van der Waals surface area contributed by atoms with Crippen molar-refractivity contribution < 1.29 is 5.11 Å². The van der Waals surface area contributed by atoms with Crippen LogP contribution in [-0.2, 0) is 0 Å². The quantitative estimate of drug-likeness (QED) is 0.865. The normalized spacial score (nSPS) is 16.3. The van der Waals surface area contributed by atoms with Crippen molar-refractivity contribution in [2.24, 2.45) is 0 Å². The van der Waals surface area contributed by atoms with Crippen LogP contribution in [-0.4, -0.2) is 21.3 Å². The second-order valence-corrected chi connectivity index (χ2v) is 5.21. The molecule has 0 saturated heterocycles. The van der Waals surface area contributed by atoms with Crippen molar-refractivity contribution in [3.05, 3.63) is 48.0 Å². The zero-order chi connectivity index (χ0) is 13.2. The van der Waals surface area contributed by atoms with Gasteiger partial charge in [0.15, 0.2) is 0 Å². The van der Waals surface area contributed by atoms with Crippen LogP contribution in [0.25, 0.3) is 0 Å². The molecule has 0 spiro atoms. The van der Waals surface area contributed by atoms with Gasteiger partial charge in [-0.1, -0.05) is 12.1 Å². The molecule has 1 saturated carbocycles. The van der Waals surface area contributed by atoms with Crippen molar-refractivity contribution in [1.82, 2.24) is 9.55 Å².